The summed E-state index contributed by atoms with van der Waals surface area (Å²) in [6, 6.07) is 3.79. The average molecular weight is 297 g/mol. The van der Waals surface area contributed by atoms with Crippen LogP contribution < -0.4 is 15.8 Å². The van der Waals surface area contributed by atoms with E-state index in [0.717, 1.165) is 11.1 Å². The first-order chi connectivity index (χ1) is 9.17. The van der Waals surface area contributed by atoms with Crippen LogP contribution in [0.5, 0.6) is 0 Å². The van der Waals surface area contributed by atoms with Crippen LogP contribution in [0.4, 0.5) is 11.4 Å². The van der Waals surface area contributed by atoms with Crippen molar-refractivity contribution in [3.05, 3.63) is 23.3 Å². The van der Waals surface area contributed by atoms with Gasteiger partial charge in [-0.2, -0.15) is 0 Å². The zero-order valence-electron chi connectivity index (χ0n) is 11.6. The Balaban J connectivity index is 2.29. The quantitative estimate of drug-likeness (QED) is 0.793. The summed E-state index contributed by atoms with van der Waals surface area (Å²) < 4.78 is 22.3. The Kier molecular flexibility index (Phi) is 3.75. The van der Waals surface area contributed by atoms with Crippen LogP contribution in [0.1, 0.15) is 17.5 Å². The van der Waals surface area contributed by atoms with Crippen LogP contribution in [0.3, 0.4) is 0 Å². The van der Waals surface area contributed by atoms with Crippen LogP contribution >= 0.6 is 0 Å². The molecule has 0 saturated carbocycles. The standard InChI is InChI=1S/C13H19N3O3S/c1-8-3-9(2)13(14)11(4-8)16-6-10(5-12(16)17)7-20(15,18)19/h3-4,10H,5-7,14H2,1-2H3,(H2,15,18,19). The van der Waals surface area contributed by atoms with Crippen LogP contribution in [-0.4, -0.2) is 26.6 Å². The number of carbonyl (C=O) groups excluding carboxylic acids is 1. The lowest BCUT2D eigenvalue weighted by atomic mass is 10.1. The third-order valence-corrected chi connectivity index (χ3v) is 4.41. The molecule has 7 heteroatoms. The molecule has 1 heterocycles. The number of amides is 1. The molecule has 6 nitrogen and oxygen atoms in total. The molecule has 4 N–H and O–H groups in total. The molecule has 1 aromatic rings. The molecule has 1 aliphatic rings. The Morgan fingerprint density at radius 1 is 1.35 bits per heavy atom. The summed E-state index contributed by atoms with van der Waals surface area (Å²) in [5.74, 6) is -0.576. The number of carbonyl (C=O) groups is 1. The smallest absolute Gasteiger partial charge is 0.227 e. The first-order valence-corrected chi connectivity index (χ1v) is 8.06. The van der Waals surface area contributed by atoms with E-state index in [9.17, 15) is 13.2 Å². The minimum Gasteiger partial charge on any atom is -0.397 e. The van der Waals surface area contributed by atoms with Crippen molar-refractivity contribution in [2.45, 2.75) is 20.3 Å². The van der Waals surface area contributed by atoms with Crippen molar-refractivity contribution < 1.29 is 13.2 Å². The van der Waals surface area contributed by atoms with Gasteiger partial charge in [-0.25, -0.2) is 13.6 Å². The van der Waals surface area contributed by atoms with E-state index in [1.165, 1.54) is 0 Å². The molecule has 0 spiro atoms. The van der Waals surface area contributed by atoms with Crippen molar-refractivity contribution in [1.82, 2.24) is 0 Å². The van der Waals surface area contributed by atoms with Gasteiger partial charge in [0.15, 0.2) is 0 Å². The monoisotopic (exact) mass is 297 g/mol. The topological polar surface area (TPSA) is 106 Å². The van der Waals surface area contributed by atoms with E-state index in [2.05, 4.69) is 0 Å². The highest BCUT2D eigenvalue weighted by Crippen LogP contribution is 2.33. The van der Waals surface area contributed by atoms with E-state index in [1.54, 1.807) is 4.90 Å². The SMILES string of the molecule is Cc1cc(C)c(N)c(N2CC(CS(N)(=O)=O)CC2=O)c1. The largest absolute Gasteiger partial charge is 0.397 e. The molecular weight excluding hydrogens is 278 g/mol. The van der Waals surface area contributed by atoms with E-state index in [-0.39, 0.29) is 24.0 Å². The van der Waals surface area contributed by atoms with Gasteiger partial charge in [-0.05, 0) is 31.0 Å². The lowest BCUT2D eigenvalue weighted by molar-refractivity contribution is -0.117. The molecule has 2 rings (SSSR count). The fourth-order valence-corrected chi connectivity index (χ4v) is 3.51. The highest BCUT2D eigenvalue weighted by molar-refractivity contribution is 7.89. The minimum absolute atomic E-state index is 0.115. The highest BCUT2D eigenvalue weighted by atomic mass is 32.2. The van der Waals surface area contributed by atoms with Gasteiger partial charge in [0.05, 0.1) is 17.1 Å². The van der Waals surface area contributed by atoms with E-state index < -0.39 is 10.0 Å². The first kappa shape index (κ1) is 14.8. The molecule has 0 bridgehead atoms. The van der Waals surface area contributed by atoms with Gasteiger partial charge in [0, 0.05) is 18.9 Å². The second-order valence-electron chi connectivity index (χ2n) is 5.42. The number of sulfonamides is 1. The maximum atomic E-state index is 12.1. The van der Waals surface area contributed by atoms with E-state index >= 15 is 0 Å². The fourth-order valence-electron chi connectivity index (χ4n) is 2.63. The average Bonchev–Trinajstić information content (AvgIpc) is 2.62. The molecular formula is C13H19N3O3S. The molecule has 110 valence electrons. The lowest BCUT2D eigenvalue weighted by Crippen LogP contribution is -2.28. The fraction of sp³-hybridized carbons (Fsp3) is 0.462. The molecule has 1 amide bonds. The number of hydrogen-bond acceptors (Lipinski definition) is 4. The Morgan fingerprint density at radius 3 is 2.60 bits per heavy atom. The van der Waals surface area contributed by atoms with E-state index in [4.69, 9.17) is 10.9 Å². The van der Waals surface area contributed by atoms with Crippen molar-refractivity contribution in [1.29, 1.82) is 0 Å². The van der Waals surface area contributed by atoms with E-state index in [0.29, 0.717) is 17.9 Å². The summed E-state index contributed by atoms with van der Waals surface area (Å²) >= 11 is 0. The summed E-state index contributed by atoms with van der Waals surface area (Å²) in [6.07, 6.45) is 0.183. The van der Waals surface area contributed by atoms with Crippen molar-refractivity contribution >= 4 is 27.3 Å². The van der Waals surface area contributed by atoms with Gasteiger partial charge >= 0.3 is 0 Å². The summed E-state index contributed by atoms with van der Waals surface area (Å²) in [7, 11) is -3.57. The highest BCUT2D eigenvalue weighted by Gasteiger charge is 2.33. The number of nitrogens with zero attached hydrogens (tertiary/aromatic N) is 1. The number of aryl methyl sites for hydroxylation is 2. The second kappa shape index (κ2) is 5.06. The normalized spacial score (nSPS) is 19.6. The molecule has 0 aliphatic carbocycles. The van der Waals surface area contributed by atoms with Gasteiger partial charge in [0.25, 0.3) is 0 Å². The number of benzene rings is 1. The number of anilines is 2. The van der Waals surface area contributed by atoms with Gasteiger partial charge in [-0.15, -0.1) is 0 Å². The molecule has 20 heavy (non-hydrogen) atoms. The molecule has 1 aliphatic heterocycles. The number of nitrogen functional groups attached to an aromatic ring is 1. The third kappa shape index (κ3) is 3.10. The molecule has 1 fully saturated rings. The Bertz CT molecular complexity index is 655. The molecule has 1 unspecified atom stereocenters. The van der Waals surface area contributed by atoms with Crippen molar-refractivity contribution in [3.63, 3.8) is 0 Å². The number of hydrogen-bond donors (Lipinski definition) is 2. The molecule has 1 saturated heterocycles. The van der Waals surface area contributed by atoms with Gasteiger partial charge in [0.1, 0.15) is 0 Å². The van der Waals surface area contributed by atoms with Gasteiger partial charge in [-0.3, -0.25) is 4.79 Å². The Hall–Kier alpha value is -1.60. The summed E-state index contributed by atoms with van der Waals surface area (Å²) in [4.78, 5) is 13.6. The number of nitrogens with two attached hydrogens (primary N) is 2. The van der Waals surface area contributed by atoms with E-state index in [1.807, 2.05) is 26.0 Å². The number of rotatable bonds is 3. The maximum absolute atomic E-state index is 12.1. The lowest BCUT2D eigenvalue weighted by Gasteiger charge is -2.20. The van der Waals surface area contributed by atoms with Crippen molar-refractivity contribution in [2.75, 3.05) is 22.9 Å². The van der Waals surface area contributed by atoms with Crippen LogP contribution in [0.2, 0.25) is 0 Å². The second-order valence-corrected chi connectivity index (χ2v) is 7.08. The minimum atomic E-state index is -3.57. The molecule has 0 radical (unpaired) electrons. The van der Waals surface area contributed by atoms with Crippen molar-refractivity contribution in [3.8, 4) is 0 Å². The van der Waals surface area contributed by atoms with Crippen LogP contribution in [-0.2, 0) is 14.8 Å². The maximum Gasteiger partial charge on any atom is 0.227 e. The number of primary sulfonamides is 1. The zero-order chi connectivity index (χ0) is 15.1. The Labute approximate surface area is 118 Å². The van der Waals surface area contributed by atoms with Crippen molar-refractivity contribution in [2.24, 2.45) is 11.1 Å². The van der Waals surface area contributed by atoms with Gasteiger partial charge in [0.2, 0.25) is 15.9 Å². The van der Waals surface area contributed by atoms with Crippen LogP contribution in [0.15, 0.2) is 12.1 Å². The van der Waals surface area contributed by atoms with Gasteiger partial charge in [-0.1, -0.05) is 6.07 Å². The summed E-state index contributed by atoms with van der Waals surface area (Å²) in [5, 5.41) is 5.04. The summed E-state index contributed by atoms with van der Waals surface area (Å²) in [6.45, 7) is 4.15. The Morgan fingerprint density at radius 2 is 2.00 bits per heavy atom. The predicted molar refractivity (Wildman–Crippen MR) is 78.8 cm³/mol. The molecule has 0 aromatic heterocycles. The first-order valence-electron chi connectivity index (χ1n) is 6.35. The molecule has 1 aromatic carbocycles. The predicted octanol–water partition coefficient (Wildman–Crippen LogP) is 0.527. The van der Waals surface area contributed by atoms with Crippen LogP contribution in [0, 0.1) is 19.8 Å². The summed E-state index contributed by atoms with van der Waals surface area (Å²) in [5.41, 5.74) is 9.16. The van der Waals surface area contributed by atoms with Gasteiger partial charge < -0.3 is 10.6 Å². The molecule has 1 atom stereocenters. The third-order valence-electron chi connectivity index (χ3n) is 3.47. The van der Waals surface area contributed by atoms with Crippen LogP contribution in [0.25, 0.3) is 0 Å². The zero-order valence-corrected chi connectivity index (χ0v) is 12.4.